The molecule has 3 aromatic rings. The van der Waals surface area contributed by atoms with Crippen molar-refractivity contribution in [2.24, 2.45) is 0 Å². The molecule has 0 heterocycles. The maximum absolute atomic E-state index is 12.2. The second-order valence-electron chi connectivity index (χ2n) is 5.13. The van der Waals surface area contributed by atoms with Gasteiger partial charge in [0.2, 0.25) is 5.91 Å². The number of amides is 1. The van der Waals surface area contributed by atoms with Crippen molar-refractivity contribution >= 4 is 28.4 Å². The Balaban J connectivity index is 1.77. The maximum Gasteiger partial charge on any atom is 0.248 e. The lowest BCUT2D eigenvalue weighted by Gasteiger charge is -2.06. The van der Waals surface area contributed by atoms with Crippen LogP contribution in [-0.2, 0) is 4.79 Å². The van der Waals surface area contributed by atoms with E-state index in [4.69, 9.17) is 4.74 Å². The first-order valence-electron chi connectivity index (χ1n) is 7.37. The third-order valence-electron chi connectivity index (χ3n) is 3.57. The zero-order chi connectivity index (χ0) is 16.1. The van der Waals surface area contributed by atoms with Gasteiger partial charge in [-0.2, -0.15) is 0 Å². The Kier molecular flexibility index (Phi) is 4.39. The number of ether oxygens (including phenoxy) is 1. The average Bonchev–Trinajstić information content (AvgIpc) is 2.60. The highest BCUT2D eigenvalue weighted by Crippen LogP contribution is 2.23. The van der Waals surface area contributed by atoms with Gasteiger partial charge in [-0.1, -0.05) is 48.5 Å². The second-order valence-corrected chi connectivity index (χ2v) is 5.13. The third-order valence-corrected chi connectivity index (χ3v) is 3.57. The summed E-state index contributed by atoms with van der Waals surface area (Å²) in [6.07, 6.45) is 3.29. The first-order chi connectivity index (χ1) is 11.3. The molecular weight excluding hydrogens is 286 g/mol. The van der Waals surface area contributed by atoms with Gasteiger partial charge < -0.3 is 10.1 Å². The molecule has 3 heteroatoms. The normalized spacial score (nSPS) is 10.8. The molecule has 0 aliphatic rings. The van der Waals surface area contributed by atoms with Crippen LogP contribution in [0.15, 0.2) is 72.8 Å². The van der Waals surface area contributed by atoms with Gasteiger partial charge in [0.15, 0.2) is 0 Å². The number of nitrogens with one attached hydrogen (secondary N) is 1. The van der Waals surface area contributed by atoms with Gasteiger partial charge in [0.1, 0.15) is 5.75 Å². The lowest BCUT2D eigenvalue weighted by atomic mass is 10.1. The molecule has 0 aromatic heterocycles. The smallest absolute Gasteiger partial charge is 0.248 e. The Morgan fingerprint density at radius 2 is 1.78 bits per heavy atom. The Labute approximate surface area is 135 Å². The molecule has 0 radical (unpaired) electrons. The van der Waals surface area contributed by atoms with E-state index in [-0.39, 0.29) is 5.91 Å². The van der Waals surface area contributed by atoms with Gasteiger partial charge >= 0.3 is 0 Å². The summed E-state index contributed by atoms with van der Waals surface area (Å²) in [7, 11) is 1.62. The van der Waals surface area contributed by atoms with Crippen LogP contribution in [0.25, 0.3) is 16.8 Å². The highest BCUT2D eigenvalue weighted by atomic mass is 16.5. The summed E-state index contributed by atoms with van der Waals surface area (Å²) in [6.45, 7) is 0. The van der Waals surface area contributed by atoms with E-state index in [1.807, 2.05) is 66.7 Å². The van der Waals surface area contributed by atoms with Crippen LogP contribution in [0.2, 0.25) is 0 Å². The Morgan fingerprint density at radius 3 is 2.65 bits per heavy atom. The Hall–Kier alpha value is -3.07. The molecule has 0 saturated heterocycles. The van der Waals surface area contributed by atoms with Crippen LogP contribution in [0.5, 0.6) is 5.75 Å². The first kappa shape index (κ1) is 14.9. The van der Waals surface area contributed by atoms with Crippen molar-refractivity contribution in [3.8, 4) is 5.75 Å². The standard InChI is InChI=1S/C20H17NO2/c1-23-17-9-4-6-15(14-17)12-13-20(22)21-19-11-5-8-16-7-2-3-10-18(16)19/h2-14H,1H3,(H,21,22)/b13-12+. The van der Waals surface area contributed by atoms with Gasteiger partial charge in [0, 0.05) is 17.1 Å². The molecule has 0 atom stereocenters. The molecule has 0 spiro atoms. The van der Waals surface area contributed by atoms with Crippen molar-refractivity contribution in [3.05, 3.63) is 78.4 Å². The number of carbonyl (C=O) groups is 1. The average molecular weight is 303 g/mol. The number of hydrogen-bond donors (Lipinski definition) is 1. The Morgan fingerprint density at radius 1 is 1.00 bits per heavy atom. The Bertz CT molecular complexity index is 863. The molecule has 3 rings (SSSR count). The number of methoxy groups -OCH3 is 1. The highest BCUT2D eigenvalue weighted by Gasteiger charge is 2.02. The summed E-state index contributed by atoms with van der Waals surface area (Å²) in [5.41, 5.74) is 1.72. The van der Waals surface area contributed by atoms with E-state index in [0.29, 0.717) is 0 Å². The van der Waals surface area contributed by atoms with E-state index in [0.717, 1.165) is 27.8 Å². The molecule has 0 aliphatic carbocycles. The molecule has 0 unspecified atom stereocenters. The number of rotatable bonds is 4. The predicted octanol–water partition coefficient (Wildman–Crippen LogP) is 4.50. The topological polar surface area (TPSA) is 38.3 Å². The van der Waals surface area contributed by atoms with Crippen molar-refractivity contribution in [1.82, 2.24) is 0 Å². The molecule has 0 saturated carbocycles. The molecular formula is C20H17NO2. The fourth-order valence-corrected chi connectivity index (χ4v) is 2.43. The van der Waals surface area contributed by atoms with Gasteiger partial charge in [0.05, 0.1) is 7.11 Å². The van der Waals surface area contributed by atoms with E-state index in [2.05, 4.69) is 5.32 Å². The van der Waals surface area contributed by atoms with Crippen molar-refractivity contribution < 1.29 is 9.53 Å². The van der Waals surface area contributed by atoms with Crippen LogP contribution < -0.4 is 10.1 Å². The molecule has 3 aromatic carbocycles. The third kappa shape index (κ3) is 3.58. The molecule has 3 nitrogen and oxygen atoms in total. The summed E-state index contributed by atoms with van der Waals surface area (Å²) >= 11 is 0. The predicted molar refractivity (Wildman–Crippen MR) is 94.6 cm³/mol. The molecule has 0 bridgehead atoms. The summed E-state index contributed by atoms with van der Waals surface area (Å²) in [4.78, 5) is 12.2. The summed E-state index contributed by atoms with van der Waals surface area (Å²) in [5.74, 6) is 0.603. The van der Waals surface area contributed by atoms with E-state index in [1.54, 1.807) is 13.2 Å². The summed E-state index contributed by atoms with van der Waals surface area (Å²) < 4.78 is 5.17. The van der Waals surface area contributed by atoms with E-state index < -0.39 is 0 Å². The zero-order valence-corrected chi connectivity index (χ0v) is 12.8. The summed E-state index contributed by atoms with van der Waals surface area (Å²) in [6, 6.07) is 21.4. The van der Waals surface area contributed by atoms with Crippen molar-refractivity contribution in [1.29, 1.82) is 0 Å². The molecule has 23 heavy (non-hydrogen) atoms. The van der Waals surface area contributed by atoms with Crippen LogP contribution in [0.1, 0.15) is 5.56 Å². The van der Waals surface area contributed by atoms with Gasteiger partial charge in [-0.3, -0.25) is 4.79 Å². The fourth-order valence-electron chi connectivity index (χ4n) is 2.43. The van der Waals surface area contributed by atoms with Gasteiger partial charge in [-0.15, -0.1) is 0 Å². The highest BCUT2D eigenvalue weighted by molar-refractivity contribution is 6.07. The van der Waals surface area contributed by atoms with E-state index in [9.17, 15) is 4.79 Å². The number of fused-ring (bicyclic) bond motifs is 1. The minimum atomic E-state index is -0.163. The number of hydrogen-bond acceptors (Lipinski definition) is 2. The SMILES string of the molecule is COc1cccc(/C=C/C(=O)Nc2cccc3ccccc23)c1. The molecule has 0 fully saturated rings. The van der Waals surface area contributed by atoms with Crippen molar-refractivity contribution in [2.45, 2.75) is 0 Å². The van der Waals surface area contributed by atoms with Crippen LogP contribution in [-0.4, -0.2) is 13.0 Å². The van der Waals surface area contributed by atoms with Gasteiger partial charge in [-0.25, -0.2) is 0 Å². The maximum atomic E-state index is 12.2. The minimum absolute atomic E-state index is 0.163. The van der Waals surface area contributed by atoms with E-state index in [1.165, 1.54) is 6.08 Å². The van der Waals surface area contributed by atoms with Crippen molar-refractivity contribution in [3.63, 3.8) is 0 Å². The lowest BCUT2D eigenvalue weighted by molar-refractivity contribution is -0.111. The zero-order valence-electron chi connectivity index (χ0n) is 12.8. The van der Waals surface area contributed by atoms with Gasteiger partial charge in [0.25, 0.3) is 0 Å². The van der Waals surface area contributed by atoms with Crippen LogP contribution in [0.3, 0.4) is 0 Å². The van der Waals surface area contributed by atoms with Crippen LogP contribution in [0.4, 0.5) is 5.69 Å². The second kappa shape index (κ2) is 6.79. The minimum Gasteiger partial charge on any atom is -0.497 e. The molecule has 0 aliphatic heterocycles. The van der Waals surface area contributed by atoms with Gasteiger partial charge in [-0.05, 0) is 35.2 Å². The summed E-state index contributed by atoms with van der Waals surface area (Å²) in [5, 5.41) is 5.05. The first-order valence-corrected chi connectivity index (χ1v) is 7.37. The molecule has 114 valence electrons. The van der Waals surface area contributed by atoms with Crippen LogP contribution in [0, 0.1) is 0 Å². The van der Waals surface area contributed by atoms with Crippen LogP contribution >= 0.6 is 0 Å². The quantitative estimate of drug-likeness (QED) is 0.721. The molecule has 1 amide bonds. The number of benzene rings is 3. The lowest BCUT2D eigenvalue weighted by Crippen LogP contribution is -2.07. The monoisotopic (exact) mass is 303 g/mol. The molecule has 1 N–H and O–H groups in total. The largest absolute Gasteiger partial charge is 0.497 e. The number of anilines is 1. The van der Waals surface area contributed by atoms with Crippen molar-refractivity contribution in [2.75, 3.05) is 12.4 Å². The number of carbonyl (C=O) groups excluding carboxylic acids is 1. The fraction of sp³-hybridized carbons (Fsp3) is 0.0500. The van der Waals surface area contributed by atoms with E-state index >= 15 is 0 Å².